The number of aromatic carboxylic acids is 1. The van der Waals surface area contributed by atoms with Crippen LogP contribution in [0, 0.1) is 22.9 Å². The molecule has 0 saturated heterocycles. The molecule has 2 aromatic carbocycles. The topological polar surface area (TPSA) is 89.7 Å². The number of nitro benzene ring substituents is 1. The number of carboxylic acid groups (broad SMARTS) is 1. The van der Waals surface area contributed by atoms with Crippen LogP contribution in [0.15, 0.2) is 36.4 Å². The van der Waals surface area contributed by atoms with Crippen LogP contribution in [-0.4, -0.2) is 16.0 Å². The summed E-state index contributed by atoms with van der Waals surface area (Å²) in [6.45, 7) is 1.71. The summed E-state index contributed by atoms with van der Waals surface area (Å²) in [5.41, 5.74) is 0.166. The van der Waals surface area contributed by atoms with Crippen LogP contribution in [0.2, 0.25) is 0 Å². The van der Waals surface area contributed by atoms with E-state index in [-0.39, 0.29) is 22.7 Å². The maximum absolute atomic E-state index is 13.8. The van der Waals surface area contributed by atoms with E-state index in [0.717, 1.165) is 18.2 Å². The zero-order valence-corrected chi connectivity index (χ0v) is 10.9. The Morgan fingerprint density at radius 2 is 1.95 bits per heavy atom. The second-order valence-electron chi connectivity index (χ2n) is 4.28. The third-order valence-electron chi connectivity index (χ3n) is 2.71. The van der Waals surface area contributed by atoms with Crippen molar-refractivity contribution in [1.29, 1.82) is 0 Å². The van der Waals surface area contributed by atoms with Gasteiger partial charge in [-0.15, -0.1) is 0 Å². The molecule has 108 valence electrons. The molecule has 0 fully saturated rings. The van der Waals surface area contributed by atoms with Crippen molar-refractivity contribution < 1.29 is 24.0 Å². The van der Waals surface area contributed by atoms with Crippen molar-refractivity contribution in [3.63, 3.8) is 0 Å². The fourth-order valence-electron chi connectivity index (χ4n) is 1.69. The summed E-state index contributed by atoms with van der Waals surface area (Å²) in [4.78, 5) is 21.0. The normalized spacial score (nSPS) is 10.2. The fraction of sp³-hybridized carbons (Fsp3) is 0.0714. The van der Waals surface area contributed by atoms with E-state index >= 15 is 0 Å². The highest BCUT2D eigenvalue weighted by Crippen LogP contribution is 2.33. The average Bonchev–Trinajstić information content (AvgIpc) is 2.40. The smallest absolute Gasteiger partial charge is 0.335 e. The largest absolute Gasteiger partial charge is 0.478 e. The monoisotopic (exact) mass is 291 g/mol. The molecule has 0 amide bonds. The lowest BCUT2D eigenvalue weighted by Gasteiger charge is -2.08. The fourth-order valence-corrected chi connectivity index (χ4v) is 1.69. The van der Waals surface area contributed by atoms with Crippen molar-refractivity contribution in [2.24, 2.45) is 0 Å². The van der Waals surface area contributed by atoms with Crippen LogP contribution in [0.5, 0.6) is 11.5 Å². The van der Waals surface area contributed by atoms with Gasteiger partial charge in [0.25, 0.3) is 0 Å². The number of hydrogen-bond donors (Lipinski definition) is 1. The minimum atomic E-state index is -1.28. The lowest BCUT2D eigenvalue weighted by molar-refractivity contribution is -0.385. The molecule has 0 atom stereocenters. The van der Waals surface area contributed by atoms with Gasteiger partial charge in [0, 0.05) is 6.07 Å². The molecule has 0 aliphatic heterocycles. The number of nitrogens with zero attached hydrogens (tertiary/aromatic N) is 1. The minimum Gasteiger partial charge on any atom is -0.478 e. The van der Waals surface area contributed by atoms with Crippen LogP contribution < -0.4 is 4.74 Å². The molecule has 0 aliphatic carbocycles. The van der Waals surface area contributed by atoms with Crippen LogP contribution in [-0.2, 0) is 0 Å². The molecule has 2 rings (SSSR count). The number of hydrogen-bond acceptors (Lipinski definition) is 4. The highest BCUT2D eigenvalue weighted by Gasteiger charge is 2.18. The minimum absolute atomic E-state index is 0.109. The third kappa shape index (κ3) is 3.14. The summed E-state index contributed by atoms with van der Waals surface area (Å²) < 4.78 is 19.0. The van der Waals surface area contributed by atoms with E-state index in [9.17, 15) is 19.3 Å². The highest BCUT2D eigenvalue weighted by molar-refractivity contribution is 5.87. The van der Waals surface area contributed by atoms with E-state index in [4.69, 9.17) is 9.84 Å². The Morgan fingerprint density at radius 3 is 2.52 bits per heavy atom. The number of nitro groups is 1. The van der Waals surface area contributed by atoms with E-state index in [1.165, 1.54) is 18.2 Å². The lowest BCUT2D eigenvalue weighted by atomic mass is 10.2. The highest BCUT2D eigenvalue weighted by atomic mass is 19.1. The molecule has 0 heterocycles. The van der Waals surface area contributed by atoms with Crippen molar-refractivity contribution >= 4 is 11.7 Å². The average molecular weight is 291 g/mol. The lowest BCUT2D eigenvalue weighted by Crippen LogP contribution is -1.99. The summed E-state index contributed by atoms with van der Waals surface area (Å²) in [6.07, 6.45) is 0. The van der Waals surface area contributed by atoms with E-state index in [2.05, 4.69) is 0 Å². The van der Waals surface area contributed by atoms with Crippen LogP contribution in [0.4, 0.5) is 10.1 Å². The Hall–Kier alpha value is -2.96. The van der Waals surface area contributed by atoms with E-state index in [1.807, 2.05) is 0 Å². The number of halogens is 1. The maximum atomic E-state index is 13.8. The van der Waals surface area contributed by atoms with Gasteiger partial charge in [-0.25, -0.2) is 9.18 Å². The van der Waals surface area contributed by atoms with Gasteiger partial charge in [0.2, 0.25) is 5.75 Å². The Labute approximate surface area is 118 Å². The third-order valence-corrected chi connectivity index (χ3v) is 2.71. The number of benzene rings is 2. The molecular formula is C14H10FNO5. The molecule has 0 spiro atoms. The molecule has 7 heteroatoms. The zero-order valence-electron chi connectivity index (χ0n) is 10.9. The van der Waals surface area contributed by atoms with Gasteiger partial charge < -0.3 is 9.84 Å². The van der Waals surface area contributed by atoms with E-state index in [0.29, 0.717) is 5.56 Å². The van der Waals surface area contributed by atoms with Crippen LogP contribution >= 0.6 is 0 Å². The number of rotatable bonds is 4. The summed E-state index contributed by atoms with van der Waals surface area (Å²) in [7, 11) is 0. The molecule has 0 radical (unpaired) electrons. The van der Waals surface area contributed by atoms with Gasteiger partial charge in [-0.2, -0.15) is 0 Å². The molecule has 0 aliphatic rings. The van der Waals surface area contributed by atoms with E-state index < -0.39 is 16.7 Å². The van der Waals surface area contributed by atoms with Crippen molar-refractivity contribution in [2.75, 3.05) is 0 Å². The van der Waals surface area contributed by atoms with Crippen LogP contribution in [0.1, 0.15) is 15.9 Å². The Bertz CT molecular complexity index is 729. The first-order valence-corrected chi connectivity index (χ1v) is 5.84. The van der Waals surface area contributed by atoms with Gasteiger partial charge >= 0.3 is 11.7 Å². The Balaban J connectivity index is 2.40. The van der Waals surface area contributed by atoms with Crippen molar-refractivity contribution in [1.82, 2.24) is 0 Å². The zero-order chi connectivity index (χ0) is 15.6. The first kappa shape index (κ1) is 14.4. The molecular weight excluding hydrogens is 281 g/mol. The predicted octanol–water partition coefficient (Wildman–Crippen LogP) is 3.53. The predicted molar refractivity (Wildman–Crippen MR) is 71.3 cm³/mol. The molecule has 6 nitrogen and oxygen atoms in total. The van der Waals surface area contributed by atoms with Gasteiger partial charge in [-0.3, -0.25) is 10.1 Å². The Kier molecular flexibility index (Phi) is 3.84. The second kappa shape index (κ2) is 5.58. The molecule has 0 unspecified atom stereocenters. The van der Waals surface area contributed by atoms with Gasteiger partial charge in [0.05, 0.1) is 10.5 Å². The van der Waals surface area contributed by atoms with Crippen LogP contribution in [0.25, 0.3) is 0 Å². The first-order valence-electron chi connectivity index (χ1n) is 5.84. The molecule has 21 heavy (non-hydrogen) atoms. The van der Waals surface area contributed by atoms with Gasteiger partial charge in [-0.05, 0) is 36.8 Å². The summed E-state index contributed by atoms with van der Waals surface area (Å²) >= 11 is 0. The van der Waals surface area contributed by atoms with Crippen molar-refractivity contribution in [3.05, 3.63) is 63.5 Å². The number of ether oxygens (including phenoxy) is 1. The van der Waals surface area contributed by atoms with Gasteiger partial charge in [0.1, 0.15) is 0 Å². The second-order valence-corrected chi connectivity index (χ2v) is 4.28. The maximum Gasteiger partial charge on any atom is 0.335 e. The number of carboxylic acids is 1. The number of carbonyl (C=O) groups is 1. The van der Waals surface area contributed by atoms with Gasteiger partial charge in [-0.1, -0.05) is 6.07 Å². The molecule has 1 N–H and O–H groups in total. The molecule has 0 bridgehead atoms. The van der Waals surface area contributed by atoms with Gasteiger partial charge in [0.15, 0.2) is 11.6 Å². The molecule has 0 saturated carbocycles. The van der Waals surface area contributed by atoms with Crippen LogP contribution in [0.3, 0.4) is 0 Å². The summed E-state index contributed by atoms with van der Waals surface area (Å²) in [5, 5.41) is 19.7. The quantitative estimate of drug-likeness (QED) is 0.687. The Morgan fingerprint density at radius 1 is 1.24 bits per heavy atom. The summed E-state index contributed by atoms with van der Waals surface area (Å²) in [5.74, 6) is -2.58. The summed E-state index contributed by atoms with van der Waals surface area (Å²) in [6, 6.07) is 7.26. The first-order chi connectivity index (χ1) is 9.88. The van der Waals surface area contributed by atoms with E-state index in [1.54, 1.807) is 6.92 Å². The number of aryl methyl sites for hydroxylation is 1. The standard InChI is InChI=1S/C14H10FNO5/c1-8-2-4-11(16(19)20)13(6-8)21-12-5-3-9(14(17)18)7-10(12)15/h2-7H,1H3,(H,17,18). The van der Waals surface area contributed by atoms with Crippen molar-refractivity contribution in [3.8, 4) is 11.5 Å². The molecule has 2 aromatic rings. The SMILES string of the molecule is Cc1ccc([N+](=O)[O-])c(Oc2ccc(C(=O)O)cc2F)c1. The van der Waals surface area contributed by atoms with Crippen molar-refractivity contribution in [2.45, 2.75) is 6.92 Å². The molecule has 0 aromatic heterocycles.